The molecule has 0 spiro atoms. The van der Waals surface area contributed by atoms with Crippen LogP contribution < -0.4 is 4.90 Å². The minimum Gasteiger partial charge on any atom is -0.454 e. The number of hydrogen-bond donors (Lipinski definition) is 0. The zero-order chi connectivity index (χ0) is 34.4. The average Bonchev–Trinajstić information content (AvgIpc) is 3.62. The number of rotatable bonds is 6. The number of fused-ring (bicyclic) bond motifs is 6. The third-order valence-electron chi connectivity index (χ3n) is 9.83. The fourth-order valence-corrected chi connectivity index (χ4v) is 7.41. The maximum Gasteiger partial charge on any atom is 0.160 e. The van der Waals surface area contributed by atoms with E-state index in [0.717, 1.165) is 94.4 Å². The summed E-state index contributed by atoms with van der Waals surface area (Å²) in [6, 6.07) is 65.3. The Morgan fingerprint density at radius 1 is 0.442 bits per heavy atom. The molecule has 0 amide bonds. The summed E-state index contributed by atoms with van der Waals surface area (Å²) in [5.74, 6) is 0. The van der Waals surface area contributed by atoms with Crippen LogP contribution in [0, 0.1) is 0 Å². The van der Waals surface area contributed by atoms with Crippen molar-refractivity contribution in [3.05, 3.63) is 188 Å². The molecule has 244 valence electrons. The summed E-state index contributed by atoms with van der Waals surface area (Å²) in [7, 11) is 0. The Morgan fingerprint density at radius 2 is 1.02 bits per heavy atom. The lowest BCUT2D eigenvalue weighted by molar-refractivity contribution is 0.669. The molecule has 0 radical (unpaired) electrons. The highest BCUT2D eigenvalue weighted by molar-refractivity contribution is 6.18. The molecule has 0 unspecified atom stereocenters. The van der Waals surface area contributed by atoms with Crippen LogP contribution in [-0.2, 0) is 0 Å². The first-order valence-electron chi connectivity index (χ1n) is 17.5. The van der Waals surface area contributed by atoms with Gasteiger partial charge in [-0.05, 0) is 65.0 Å². The SMILES string of the molecule is c1ccc(-c2nc3ccc4ccc(-c5ccc(N(c6ccccc6)c6ccccc6)c6oc7ccccc7c56)cc4c3nc2-c2ccccc2)cc1. The number of aromatic nitrogens is 2. The van der Waals surface area contributed by atoms with E-state index in [1.807, 2.05) is 42.5 Å². The molecule has 10 aromatic rings. The summed E-state index contributed by atoms with van der Waals surface area (Å²) in [5, 5.41) is 4.32. The van der Waals surface area contributed by atoms with Gasteiger partial charge in [-0.2, -0.15) is 0 Å². The van der Waals surface area contributed by atoms with Gasteiger partial charge in [0.25, 0.3) is 0 Å². The second-order valence-electron chi connectivity index (χ2n) is 13.0. The van der Waals surface area contributed by atoms with Crippen LogP contribution in [0.4, 0.5) is 17.1 Å². The summed E-state index contributed by atoms with van der Waals surface area (Å²) in [4.78, 5) is 12.9. The molecule has 0 saturated heterocycles. The molecule has 10 rings (SSSR count). The fourth-order valence-electron chi connectivity index (χ4n) is 7.41. The number of furan rings is 1. The predicted molar refractivity (Wildman–Crippen MR) is 215 cm³/mol. The molecule has 52 heavy (non-hydrogen) atoms. The standard InChI is InChI=1S/C48H31N3O/c1-5-15-33(16-6-1)45-46(34-17-7-2-8-18-34)50-47-40-31-35(26-25-32(40)27-29-41(47)49-45)38-28-30-42(48-44(38)39-23-13-14-24-43(39)52-48)51(36-19-9-3-10-20-36)37-21-11-4-12-22-37/h1-31H. The van der Waals surface area contributed by atoms with Gasteiger partial charge in [-0.1, -0.05) is 140 Å². The molecule has 0 bridgehead atoms. The normalized spacial score (nSPS) is 11.5. The number of anilines is 3. The van der Waals surface area contributed by atoms with Crippen LogP contribution in [0.15, 0.2) is 192 Å². The molecule has 0 N–H and O–H groups in total. The second kappa shape index (κ2) is 12.4. The van der Waals surface area contributed by atoms with Crippen LogP contribution in [-0.4, -0.2) is 9.97 Å². The minimum atomic E-state index is 0.836. The molecule has 0 atom stereocenters. The van der Waals surface area contributed by atoms with E-state index >= 15 is 0 Å². The highest BCUT2D eigenvalue weighted by Crippen LogP contribution is 2.46. The van der Waals surface area contributed by atoms with Gasteiger partial charge in [-0.15, -0.1) is 0 Å². The Balaban J connectivity index is 1.22. The fraction of sp³-hybridized carbons (Fsp3) is 0. The topological polar surface area (TPSA) is 42.2 Å². The van der Waals surface area contributed by atoms with Gasteiger partial charge in [0.2, 0.25) is 0 Å². The van der Waals surface area contributed by atoms with Crippen molar-refractivity contribution in [1.82, 2.24) is 9.97 Å². The maximum absolute atomic E-state index is 6.78. The highest BCUT2D eigenvalue weighted by atomic mass is 16.3. The molecule has 0 saturated carbocycles. The van der Waals surface area contributed by atoms with Gasteiger partial charge in [0.15, 0.2) is 5.58 Å². The molecule has 0 aliphatic carbocycles. The van der Waals surface area contributed by atoms with E-state index in [1.54, 1.807) is 0 Å². The van der Waals surface area contributed by atoms with E-state index in [4.69, 9.17) is 14.4 Å². The lowest BCUT2D eigenvalue weighted by Crippen LogP contribution is -2.10. The zero-order valence-corrected chi connectivity index (χ0v) is 28.1. The summed E-state index contributed by atoms with van der Waals surface area (Å²) in [6.07, 6.45) is 0. The van der Waals surface area contributed by atoms with Crippen LogP contribution in [0.25, 0.3) is 77.4 Å². The van der Waals surface area contributed by atoms with Crippen molar-refractivity contribution in [1.29, 1.82) is 0 Å². The molecule has 0 aliphatic rings. The van der Waals surface area contributed by atoms with Crippen molar-refractivity contribution in [3.8, 4) is 33.6 Å². The van der Waals surface area contributed by atoms with Gasteiger partial charge in [-0.25, -0.2) is 9.97 Å². The van der Waals surface area contributed by atoms with Crippen molar-refractivity contribution in [2.75, 3.05) is 4.90 Å². The van der Waals surface area contributed by atoms with E-state index in [1.165, 1.54) is 0 Å². The van der Waals surface area contributed by atoms with Gasteiger partial charge >= 0.3 is 0 Å². The molecule has 2 heterocycles. The van der Waals surface area contributed by atoms with Crippen LogP contribution in [0.1, 0.15) is 0 Å². The van der Waals surface area contributed by atoms with Crippen molar-refractivity contribution < 1.29 is 4.42 Å². The van der Waals surface area contributed by atoms with Gasteiger partial charge < -0.3 is 9.32 Å². The van der Waals surface area contributed by atoms with Crippen molar-refractivity contribution in [2.45, 2.75) is 0 Å². The smallest absolute Gasteiger partial charge is 0.160 e. The van der Waals surface area contributed by atoms with Gasteiger partial charge in [0.1, 0.15) is 5.58 Å². The third-order valence-corrected chi connectivity index (χ3v) is 9.83. The van der Waals surface area contributed by atoms with E-state index in [0.29, 0.717) is 0 Å². The van der Waals surface area contributed by atoms with Crippen LogP contribution in [0.2, 0.25) is 0 Å². The second-order valence-corrected chi connectivity index (χ2v) is 13.0. The molecular weight excluding hydrogens is 635 g/mol. The van der Waals surface area contributed by atoms with Crippen LogP contribution in [0.5, 0.6) is 0 Å². The Morgan fingerprint density at radius 3 is 1.69 bits per heavy atom. The lowest BCUT2D eigenvalue weighted by Gasteiger charge is -2.25. The highest BCUT2D eigenvalue weighted by Gasteiger charge is 2.22. The Labute approximate surface area is 300 Å². The number of nitrogens with zero attached hydrogens (tertiary/aromatic N) is 3. The molecular formula is C48H31N3O. The number of hydrogen-bond acceptors (Lipinski definition) is 4. The summed E-state index contributed by atoms with van der Waals surface area (Å²) in [5.41, 5.74) is 12.5. The Bertz CT molecular complexity index is 2850. The molecule has 0 aliphatic heterocycles. The van der Waals surface area contributed by atoms with Crippen molar-refractivity contribution >= 4 is 60.8 Å². The molecule has 8 aromatic carbocycles. The van der Waals surface area contributed by atoms with E-state index in [9.17, 15) is 0 Å². The summed E-state index contributed by atoms with van der Waals surface area (Å²) < 4.78 is 6.78. The molecule has 2 aromatic heterocycles. The van der Waals surface area contributed by atoms with Gasteiger partial charge in [0, 0.05) is 38.7 Å². The largest absolute Gasteiger partial charge is 0.454 e. The first kappa shape index (κ1) is 29.8. The van der Waals surface area contributed by atoms with Gasteiger partial charge in [-0.3, -0.25) is 0 Å². The monoisotopic (exact) mass is 665 g/mol. The van der Waals surface area contributed by atoms with Crippen LogP contribution >= 0.6 is 0 Å². The zero-order valence-electron chi connectivity index (χ0n) is 28.1. The van der Waals surface area contributed by atoms with E-state index in [2.05, 4.69) is 150 Å². The predicted octanol–water partition coefficient (Wildman–Crippen LogP) is 13.2. The number of benzene rings is 8. The number of para-hydroxylation sites is 3. The quantitative estimate of drug-likeness (QED) is 0.166. The van der Waals surface area contributed by atoms with E-state index < -0.39 is 0 Å². The first-order valence-corrected chi connectivity index (χ1v) is 17.5. The van der Waals surface area contributed by atoms with Gasteiger partial charge in [0.05, 0.1) is 28.1 Å². The Hall–Kier alpha value is -7.04. The third kappa shape index (κ3) is 5.00. The Kier molecular flexibility index (Phi) is 7.10. The molecule has 4 heteroatoms. The average molecular weight is 666 g/mol. The maximum atomic E-state index is 6.78. The lowest BCUT2D eigenvalue weighted by atomic mass is 9.95. The minimum absolute atomic E-state index is 0.836. The summed E-state index contributed by atoms with van der Waals surface area (Å²) >= 11 is 0. The van der Waals surface area contributed by atoms with Crippen LogP contribution in [0.3, 0.4) is 0 Å². The molecule has 4 nitrogen and oxygen atoms in total. The molecule has 0 fully saturated rings. The van der Waals surface area contributed by atoms with Crippen molar-refractivity contribution in [3.63, 3.8) is 0 Å². The first-order chi connectivity index (χ1) is 25.8. The summed E-state index contributed by atoms with van der Waals surface area (Å²) in [6.45, 7) is 0. The van der Waals surface area contributed by atoms with Crippen molar-refractivity contribution in [2.24, 2.45) is 0 Å². The van der Waals surface area contributed by atoms with E-state index in [-0.39, 0.29) is 0 Å².